The van der Waals surface area contributed by atoms with Gasteiger partial charge in [-0.2, -0.15) is 0 Å². The highest BCUT2D eigenvalue weighted by Crippen LogP contribution is 2.45. The molecule has 0 bridgehead atoms. The number of carbonyl (C=O) groups is 3. The third kappa shape index (κ3) is 4.28. The van der Waals surface area contributed by atoms with E-state index in [-0.39, 0.29) is 17.9 Å². The lowest BCUT2D eigenvalue weighted by Gasteiger charge is -2.42. The molecule has 1 saturated carbocycles. The molecule has 1 aromatic heterocycles. The maximum absolute atomic E-state index is 13.1. The summed E-state index contributed by atoms with van der Waals surface area (Å²) in [6.45, 7) is 6.42. The molecule has 8 heteroatoms. The number of hydrogen-bond donors (Lipinski definition) is 2. The number of rotatable bonds is 6. The predicted molar refractivity (Wildman–Crippen MR) is 125 cm³/mol. The molecule has 1 aliphatic heterocycles. The van der Waals surface area contributed by atoms with E-state index in [1.54, 1.807) is 0 Å². The molecule has 1 aliphatic carbocycles. The SMILES string of the molecule is CCC(C)(C)C1CCC2(CC1)NC(=O)N(CC(=O)Nc1nc(-c3ccccc3)cs1)C2=O. The molecule has 170 valence electrons. The molecule has 2 heterocycles. The number of amides is 4. The minimum absolute atomic E-state index is 0.221. The van der Waals surface area contributed by atoms with Crippen molar-refractivity contribution < 1.29 is 14.4 Å². The van der Waals surface area contributed by atoms with Gasteiger partial charge < -0.3 is 10.6 Å². The van der Waals surface area contributed by atoms with Crippen LogP contribution in [0.15, 0.2) is 35.7 Å². The van der Waals surface area contributed by atoms with Gasteiger partial charge in [0.05, 0.1) is 5.69 Å². The van der Waals surface area contributed by atoms with Crippen LogP contribution in [0.25, 0.3) is 11.3 Å². The number of imide groups is 1. The first-order valence-corrected chi connectivity index (χ1v) is 12.1. The van der Waals surface area contributed by atoms with E-state index in [2.05, 4.69) is 36.4 Å². The molecular formula is C24H30N4O3S. The molecule has 32 heavy (non-hydrogen) atoms. The second-order valence-corrected chi connectivity index (χ2v) is 10.3. The van der Waals surface area contributed by atoms with Crippen molar-refractivity contribution in [2.45, 2.75) is 58.4 Å². The van der Waals surface area contributed by atoms with E-state index in [4.69, 9.17) is 0 Å². The summed E-state index contributed by atoms with van der Waals surface area (Å²) in [5.74, 6) is -0.182. The molecule has 7 nitrogen and oxygen atoms in total. The third-order valence-corrected chi connectivity index (χ3v) is 7.98. The van der Waals surface area contributed by atoms with Gasteiger partial charge in [-0.15, -0.1) is 11.3 Å². The van der Waals surface area contributed by atoms with Crippen molar-refractivity contribution in [1.29, 1.82) is 0 Å². The Kier molecular flexibility index (Phi) is 6.07. The van der Waals surface area contributed by atoms with E-state index >= 15 is 0 Å². The smallest absolute Gasteiger partial charge is 0.323 e. The van der Waals surface area contributed by atoms with E-state index < -0.39 is 17.5 Å². The Hall–Kier alpha value is -2.74. The largest absolute Gasteiger partial charge is 0.325 e. The first kappa shape index (κ1) is 22.5. The van der Waals surface area contributed by atoms with Crippen molar-refractivity contribution in [2.75, 3.05) is 11.9 Å². The lowest BCUT2D eigenvalue weighted by atomic mass is 9.65. The number of nitrogens with zero attached hydrogens (tertiary/aromatic N) is 2. The fraction of sp³-hybridized carbons (Fsp3) is 0.500. The van der Waals surface area contributed by atoms with Crippen LogP contribution in [0.4, 0.5) is 9.93 Å². The van der Waals surface area contributed by atoms with Gasteiger partial charge in [-0.3, -0.25) is 14.5 Å². The normalized spacial score (nSPS) is 23.5. The summed E-state index contributed by atoms with van der Waals surface area (Å²) in [7, 11) is 0. The molecule has 0 radical (unpaired) electrons. The lowest BCUT2D eigenvalue weighted by molar-refractivity contribution is -0.135. The van der Waals surface area contributed by atoms with Gasteiger partial charge in [-0.1, -0.05) is 57.5 Å². The highest BCUT2D eigenvalue weighted by Gasteiger charge is 2.53. The summed E-state index contributed by atoms with van der Waals surface area (Å²) in [6.07, 6.45) is 4.12. The first-order valence-electron chi connectivity index (χ1n) is 11.2. The zero-order valence-corrected chi connectivity index (χ0v) is 19.6. The molecular weight excluding hydrogens is 424 g/mol. The van der Waals surface area contributed by atoms with Crippen LogP contribution in [0, 0.1) is 11.3 Å². The van der Waals surface area contributed by atoms with Gasteiger partial charge in [0.2, 0.25) is 5.91 Å². The number of anilines is 1. The van der Waals surface area contributed by atoms with Crippen LogP contribution in [0.1, 0.15) is 52.9 Å². The van der Waals surface area contributed by atoms with E-state index in [0.717, 1.165) is 35.4 Å². The quantitative estimate of drug-likeness (QED) is 0.621. The molecule has 2 aromatic rings. The summed E-state index contributed by atoms with van der Waals surface area (Å²) in [5.41, 5.74) is 1.09. The average Bonchev–Trinajstić information content (AvgIpc) is 3.33. The highest BCUT2D eigenvalue weighted by molar-refractivity contribution is 7.14. The number of hydrogen-bond acceptors (Lipinski definition) is 5. The van der Waals surface area contributed by atoms with Crippen molar-refractivity contribution in [2.24, 2.45) is 11.3 Å². The van der Waals surface area contributed by atoms with E-state index in [9.17, 15) is 14.4 Å². The Bertz CT molecular complexity index is 1010. The van der Waals surface area contributed by atoms with Crippen molar-refractivity contribution in [3.05, 3.63) is 35.7 Å². The Morgan fingerprint density at radius 1 is 1.25 bits per heavy atom. The van der Waals surface area contributed by atoms with Gasteiger partial charge in [0.15, 0.2) is 5.13 Å². The maximum atomic E-state index is 13.1. The van der Waals surface area contributed by atoms with Crippen molar-refractivity contribution in [3.63, 3.8) is 0 Å². The molecule has 4 rings (SSSR count). The molecule has 1 saturated heterocycles. The molecule has 2 fully saturated rings. The van der Waals surface area contributed by atoms with Crippen LogP contribution in [-0.4, -0.2) is 39.8 Å². The molecule has 2 aliphatic rings. The Morgan fingerprint density at radius 2 is 1.94 bits per heavy atom. The fourth-order valence-electron chi connectivity index (χ4n) is 4.71. The summed E-state index contributed by atoms with van der Waals surface area (Å²) in [6, 6.07) is 9.20. The zero-order valence-electron chi connectivity index (χ0n) is 18.8. The van der Waals surface area contributed by atoms with E-state index in [1.165, 1.54) is 11.3 Å². The molecule has 2 N–H and O–H groups in total. The third-order valence-electron chi connectivity index (χ3n) is 7.22. The number of thiazole rings is 1. The molecule has 1 aromatic carbocycles. The molecule has 1 spiro atoms. The fourth-order valence-corrected chi connectivity index (χ4v) is 5.45. The lowest BCUT2D eigenvalue weighted by Crippen LogP contribution is -2.51. The van der Waals surface area contributed by atoms with Gasteiger partial charge in [0.1, 0.15) is 12.1 Å². The number of benzene rings is 1. The van der Waals surface area contributed by atoms with Gasteiger partial charge in [0.25, 0.3) is 5.91 Å². The van der Waals surface area contributed by atoms with Crippen LogP contribution in [-0.2, 0) is 9.59 Å². The summed E-state index contributed by atoms with van der Waals surface area (Å²) in [5, 5.41) is 7.93. The molecule has 0 unspecified atom stereocenters. The standard InChI is InChI=1S/C24H30N4O3S/c1-4-23(2,3)17-10-12-24(13-11-17)20(30)28(22(31)27-24)14-19(29)26-21-25-18(15-32-21)16-8-6-5-7-9-16/h5-9,15,17H,4,10-14H2,1-3H3,(H,27,31)(H,25,26,29). The summed E-state index contributed by atoms with van der Waals surface area (Å²) in [4.78, 5) is 43.8. The first-order chi connectivity index (χ1) is 15.2. The topological polar surface area (TPSA) is 91.4 Å². The monoisotopic (exact) mass is 454 g/mol. The number of urea groups is 1. The van der Waals surface area contributed by atoms with E-state index in [1.807, 2.05) is 35.7 Å². The van der Waals surface area contributed by atoms with Gasteiger partial charge >= 0.3 is 6.03 Å². The Balaban J connectivity index is 1.37. The van der Waals surface area contributed by atoms with Gasteiger partial charge in [0, 0.05) is 10.9 Å². The molecule has 4 amide bonds. The van der Waals surface area contributed by atoms with E-state index in [0.29, 0.717) is 23.9 Å². The Morgan fingerprint density at radius 3 is 2.59 bits per heavy atom. The minimum Gasteiger partial charge on any atom is -0.323 e. The minimum atomic E-state index is -0.862. The van der Waals surface area contributed by atoms with Crippen LogP contribution in [0.2, 0.25) is 0 Å². The van der Waals surface area contributed by atoms with Gasteiger partial charge in [-0.05, 0) is 37.0 Å². The van der Waals surface area contributed by atoms with Crippen LogP contribution < -0.4 is 10.6 Å². The van der Waals surface area contributed by atoms with Crippen molar-refractivity contribution in [3.8, 4) is 11.3 Å². The second kappa shape index (κ2) is 8.65. The van der Waals surface area contributed by atoms with Crippen molar-refractivity contribution >= 4 is 34.3 Å². The van der Waals surface area contributed by atoms with Crippen LogP contribution >= 0.6 is 11.3 Å². The number of aromatic nitrogens is 1. The number of nitrogens with one attached hydrogen (secondary N) is 2. The predicted octanol–water partition coefficient (Wildman–Crippen LogP) is 4.67. The summed E-state index contributed by atoms with van der Waals surface area (Å²) < 4.78 is 0. The second-order valence-electron chi connectivity index (χ2n) is 9.47. The summed E-state index contributed by atoms with van der Waals surface area (Å²) >= 11 is 1.31. The van der Waals surface area contributed by atoms with Crippen LogP contribution in [0.5, 0.6) is 0 Å². The van der Waals surface area contributed by atoms with Crippen LogP contribution in [0.3, 0.4) is 0 Å². The average molecular weight is 455 g/mol. The maximum Gasteiger partial charge on any atom is 0.325 e. The highest BCUT2D eigenvalue weighted by atomic mass is 32.1. The Labute approximate surface area is 192 Å². The molecule has 0 atom stereocenters. The van der Waals surface area contributed by atoms with Gasteiger partial charge in [-0.25, -0.2) is 9.78 Å². The van der Waals surface area contributed by atoms with Crippen molar-refractivity contribution in [1.82, 2.24) is 15.2 Å². The number of carbonyl (C=O) groups excluding carboxylic acids is 3. The zero-order chi connectivity index (χ0) is 22.9.